The number of methoxy groups -OCH3 is 1. The SMILES string of the molecule is COCC(C)OC(=O)Cc1ccc(F)cc1OCc1cc(-c2ccnc(CN)c2F)c2occc2c1F. The van der Waals surface area contributed by atoms with E-state index in [1.807, 2.05) is 0 Å². The number of hydrogen-bond acceptors (Lipinski definition) is 7. The highest BCUT2D eigenvalue weighted by Gasteiger charge is 2.21. The zero-order valence-electron chi connectivity index (χ0n) is 20.2. The van der Waals surface area contributed by atoms with Gasteiger partial charge in [0, 0.05) is 48.2 Å². The van der Waals surface area contributed by atoms with Crippen LogP contribution in [-0.4, -0.2) is 30.8 Å². The largest absolute Gasteiger partial charge is 0.488 e. The molecule has 0 saturated carbocycles. The van der Waals surface area contributed by atoms with Crippen molar-refractivity contribution in [3.8, 4) is 16.9 Å². The normalized spacial score (nSPS) is 12.1. The molecule has 194 valence electrons. The molecule has 0 aliphatic heterocycles. The number of esters is 1. The van der Waals surface area contributed by atoms with Crippen molar-refractivity contribution in [3.05, 3.63) is 83.1 Å². The van der Waals surface area contributed by atoms with E-state index in [0.717, 1.165) is 6.07 Å². The van der Waals surface area contributed by atoms with Crippen LogP contribution in [0.1, 0.15) is 23.7 Å². The average Bonchev–Trinajstić information content (AvgIpc) is 3.36. The van der Waals surface area contributed by atoms with E-state index in [1.165, 1.54) is 49.9 Å². The van der Waals surface area contributed by atoms with E-state index in [2.05, 4.69) is 4.98 Å². The molecule has 10 heteroatoms. The lowest BCUT2D eigenvalue weighted by atomic mass is 9.99. The molecule has 4 rings (SSSR count). The van der Waals surface area contributed by atoms with Crippen LogP contribution >= 0.6 is 0 Å². The van der Waals surface area contributed by atoms with Crippen molar-refractivity contribution in [2.24, 2.45) is 5.73 Å². The Labute approximate surface area is 210 Å². The van der Waals surface area contributed by atoms with Crippen LogP contribution in [0, 0.1) is 17.5 Å². The standard InChI is InChI=1S/C27H25F3N2O5/c1-15(13-34-2)37-24(33)10-16-3-4-18(28)11-23(16)36-14-17-9-21(27-20(25(17)29)6-8-35-27)19-5-7-32-22(12-31)26(19)30/h3-9,11,15H,10,12-14,31H2,1-2H3. The van der Waals surface area contributed by atoms with E-state index in [0.29, 0.717) is 5.56 Å². The summed E-state index contributed by atoms with van der Waals surface area (Å²) in [6.07, 6.45) is 2.04. The highest BCUT2D eigenvalue weighted by molar-refractivity contribution is 5.93. The Balaban J connectivity index is 1.64. The van der Waals surface area contributed by atoms with Crippen LogP contribution < -0.4 is 10.5 Å². The van der Waals surface area contributed by atoms with Crippen LogP contribution in [0.5, 0.6) is 5.75 Å². The number of hydrogen-bond donors (Lipinski definition) is 1. The molecule has 37 heavy (non-hydrogen) atoms. The molecule has 0 spiro atoms. The second-order valence-electron chi connectivity index (χ2n) is 8.36. The van der Waals surface area contributed by atoms with Crippen molar-refractivity contribution in [2.75, 3.05) is 13.7 Å². The maximum atomic E-state index is 15.3. The Bertz CT molecular complexity index is 1420. The van der Waals surface area contributed by atoms with Gasteiger partial charge in [0.05, 0.1) is 30.4 Å². The van der Waals surface area contributed by atoms with Crippen LogP contribution in [-0.2, 0) is 33.8 Å². The number of furan rings is 1. The number of fused-ring (bicyclic) bond motifs is 1. The van der Waals surface area contributed by atoms with Gasteiger partial charge in [-0.15, -0.1) is 0 Å². The Morgan fingerprint density at radius 2 is 1.89 bits per heavy atom. The second-order valence-corrected chi connectivity index (χ2v) is 8.36. The Hall–Kier alpha value is -3.89. The van der Waals surface area contributed by atoms with Crippen LogP contribution in [0.2, 0.25) is 0 Å². The van der Waals surface area contributed by atoms with Gasteiger partial charge in [0.1, 0.15) is 35.7 Å². The first-order valence-corrected chi connectivity index (χ1v) is 11.4. The minimum absolute atomic E-state index is 0.0464. The summed E-state index contributed by atoms with van der Waals surface area (Å²) < 4.78 is 65.8. The molecule has 0 fully saturated rings. The van der Waals surface area contributed by atoms with Crippen LogP contribution in [0.3, 0.4) is 0 Å². The first-order chi connectivity index (χ1) is 17.8. The Kier molecular flexibility index (Phi) is 8.10. The van der Waals surface area contributed by atoms with E-state index >= 15 is 8.78 Å². The molecular weight excluding hydrogens is 489 g/mol. The van der Waals surface area contributed by atoms with Gasteiger partial charge in [-0.05, 0) is 31.2 Å². The van der Waals surface area contributed by atoms with Gasteiger partial charge in [-0.3, -0.25) is 9.78 Å². The highest BCUT2D eigenvalue weighted by Crippen LogP contribution is 2.35. The van der Waals surface area contributed by atoms with Crippen LogP contribution in [0.25, 0.3) is 22.1 Å². The number of ether oxygens (including phenoxy) is 3. The average molecular weight is 515 g/mol. The van der Waals surface area contributed by atoms with Crippen molar-refractivity contribution in [2.45, 2.75) is 32.6 Å². The molecule has 0 aliphatic carbocycles. The summed E-state index contributed by atoms with van der Waals surface area (Å²) >= 11 is 0. The quantitative estimate of drug-likeness (QED) is 0.295. The topological polar surface area (TPSA) is 96.8 Å². The molecular formula is C27H25F3N2O5. The van der Waals surface area contributed by atoms with Gasteiger partial charge < -0.3 is 24.4 Å². The summed E-state index contributed by atoms with van der Waals surface area (Å²) in [4.78, 5) is 16.2. The van der Waals surface area contributed by atoms with Gasteiger partial charge in [0.2, 0.25) is 0 Å². The summed E-state index contributed by atoms with van der Waals surface area (Å²) in [6.45, 7) is 1.45. The fraction of sp³-hybridized carbons (Fsp3) is 0.259. The summed E-state index contributed by atoms with van der Waals surface area (Å²) in [7, 11) is 1.49. The number of nitrogens with two attached hydrogens (primary N) is 1. The number of rotatable bonds is 10. The van der Waals surface area contributed by atoms with Gasteiger partial charge >= 0.3 is 5.97 Å². The van der Waals surface area contributed by atoms with Gasteiger partial charge in [0.15, 0.2) is 5.82 Å². The molecule has 2 N–H and O–H groups in total. The van der Waals surface area contributed by atoms with Crippen molar-refractivity contribution in [1.29, 1.82) is 0 Å². The Morgan fingerprint density at radius 1 is 1.08 bits per heavy atom. The van der Waals surface area contributed by atoms with Gasteiger partial charge in [-0.2, -0.15) is 0 Å². The molecule has 0 saturated heterocycles. The number of halogens is 3. The third kappa shape index (κ3) is 5.76. The molecule has 0 radical (unpaired) electrons. The van der Waals surface area contributed by atoms with E-state index in [1.54, 1.807) is 6.92 Å². The highest BCUT2D eigenvalue weighted by atomic mass is 19.1. The molecule has 2 aromatic heterocycles. The molecule has 0 bridgehead atoms. The molecule has 2 heterocycles. The lowest BCUT2D eigenvalue weighted by Gasteiger charge is -2.15. The first-order valence-electron chi connectivity index (χ1n) is 11.4. The number of benzene rings is 2. The van der Waals surface area contributed by atoms with Gasteiger partial charge in [0.25, 0.3) is 0 Å². The van der Waals surface area contributed by atoms with Crippen molar-refractivity contribution < 1.29 is 36.6 Å². The predicted molar refractivity (Wildman–Crippen MR) is 129 cm³/mol. The lowest BCUT2D eigenvalue weighted by Crippen LogP contribution is -2.21. The van der Waals surface area contributed by atoms with Crippen LogP contribution in [0.4, 0.5) is 13.2 Å². The number of nitrogens with zero attached hydrogens (tertiary/aromatic N) is 1. The monoisotopic (exact) mass is 514 g/mol. The maximum Gasteiger partial charge on any atom is 0.310 e. The molecule has 2 aromatic carbocycles. The van der Waals surface area contributed by atoms with Crippen molar-refractivity contribution >= 4 is 16.9 Å². The van der Waals surface area contributed by atoms with E-state index in [4.69, 9.17) is 24.4 Å². The predicted octanol–water partition coefficient (Wildman–Crippen LogP) is 5.07. The fourth-order valence-electron chi connectivity index (χ4n) is 3.96. The lowest BCUT2D eigenvalue weighted by molar-refractivity contribution is -0.149. The molecule has 1 unspecified atom stereocenters. The number of carbonyl (C=O) groups is 1. The smallest absolute Gasteiger partial charge is 0.310 e. The first kappa shape index (κ1) is 26.2. The molecule has 0 amide bonds. The number of carbonyl (C=O) groups excluding carboxylic acids is 1. The summed E-state index contributed by atoms with van der Waals surface area (Å²) in [5.74, 6) is -2.38. The number of aromatic nitrogens is 1. The molecule has 1 atom stereocenters. The number of pyridine rings is 1. The minimum atomic E-state index is -0.644. The summed E-state index contributed by atoms with van der Waals surface area (Å²) in [5, 5.41) is 0.122. The van der Waals surface area contributed by atoms with Crippen molar-refractivity contribution in [1.82, 2.24) is 4.98 Å². The van der Waals surface area contributed by atoms with Crippen LogP contribution in [0.15, 0.2) is 53.3 Å². The minimum Gasteiger partial charge on any atom is -0.488 e. The van der Waals surface area contributed by atoms with E-state index < -0.39 is 29.5 Å². The van der Waals surface area contributed by atoms with Gasteiger partial charge in [-0.25, -0.2) is 13.2 Å². The zero-order chi connectivity index (χ0) is 26.5. The summed E-state index contributed by atoms with van der Waals surface area (Å²) in [6, 6.07) is 7.95. The molecule has 0 aliphatic rings. The third-order valence-corrected chi connectivity index (χ3v) is 5.67. The third-order valence-electron chi connectivity index (χ3n) is 5.67. The van der Waals surface area contributed by atoms with E-state index in [9.17, 15) is 9.18 Å². The van der Waals surface area contributed by atoms with E-state index in [-0.39, 0.29) is 65.3 Å². The molecule has 7 nitrogen and oxygen atoms in total. The van der Waals surface area contributed by atoms with Gasteiger partial charge in [-0.1, -0.05) is 6.07 Å². The second kappa shape index (κ2) is 11.4. The zero-order valence-corrected chi connectivity index (χ0v) is 20.2. The molecule has 4 aromatic rings. The Morgan fingerprint density at radius 3 is 2.65 bits per heavy atom. The maximum absolute atomic E-state index is 15.3. The summed E-state index contributed by atoms with van der Waals surface area (Å²) in [5.41, 5.74) is 6.62. The fourth-order valence-corrected chi connectivity index (χ4v) is 3.96. The van der Waals surface area contributed by atoms with Crippen molar-refractivity contribution in [3.63, 3.8) is 0 Å².